The van der Waals surface area contributed by atoms with Crippen LogP contribution < -0.4 is 0 Å². The van der Waals surface area contributed by atoms with Gasteiger partial charge < -0.3 is 4.85 Å². The number of rotatable bonds is 0. The van der Waals surface area contributed by atoms with Gasteiger partial charge in [0, 0.05) is 47.0 Å². The summed E-state index contributed by atoms with van der Waals surface area (Å²) in [6.07, 6.45) is 26.2. The van der Waals surface area contributed by atoms with Gasteiger partial charge in [0.15, 0.2) is 0 Å². The normalized spacial score (nSPS) is 16.3. The third-order valence-corrected chi connectivity index (χ3v) is 2.87. The predicted octanol–water partition coefficient (Wildman–Crippen LogP) is 4.16. The van der Waals surface area contributed by atoms with Gasteiger partial charge in [-0.15, -0.1) is 0 Å². The first-order chi connectivity index (χ1) is 11.9. The van der Waals surface area contributed by atoms with E-state index in [-0.39, 0.29) is 34.1 Å². The first-order valence-corrected chi connectivity index (χ1v) is 7.24. The van der Waals surface area contributed by atoms with Crippen LogP contribution in [0, 0.1) is 90.7 Å². The Hall–Kier alpha value is -0.251. The minimum atomic E-state index is 0. The molecule has 0 N–H and O–H groups in total. The van der Waals surface area contributed by atoms with E-state index < -0.39 is 0 Å². The van der Waals surface area contributed by atoms with Crippen LogP contribution in [-0.2, 0) is 48.1 Å². The van der Waals surface area contributed by atoms with E-state index in [1.54, 1.807) is 0 Å². The van der Waals surface area contributed by atoms with E-state index in [0.29, 0.717) is 6.04 Å². The molecule has 3 fully saturated rings. The van der Waals surface area contributed by atoms with Crippen LogP contribution in [0.2, 0.25) is 0 Å². The maximum Gasteiger partial charge on any atom is 0 e. The van der Waals surface area contributed by atoms with Gasteiger partial charge in [-0.3, -0.25) is 0 Å². The summed E-state index contributed by atoms with van der Waals surface area (Å²) in [7, 11) is 0. The van der Waals surface area contributed by atoms with Gasteiger partial charge in [0.2, 0.25) is 6.04 Å². The van der Waals surface area contributed by atoms with E-state index in [0.717, 1.165) is 12.8 Å². The van der Waals surface area contributed by atoms with Crippen molar-refractivity contribution in [2.24, 2.45) is 0 Å². The molecule has 10 radical (unpaired) electrons. The van der Waals surface area contributed by atoms with E-state index in [1.807, 2.05) is 64.2 Å². The molecule has 0 bridgehead atoms. The van der Waals surface area contributed by atoms with Crippen LogP contribution >= 0.6 is 0 Å². The van der Waals surface area contributed by atoms with Gasteiger partial charge in [0.05, 0.1) is 0 Å². The van der Waals surface area contributed by atoms with Crippen LogP contribution in [0.3, 0.4) is 0 Å². The first kappa shape index (κ1) is 36.6. The maximum atomic E-state index is 7.50. The van der Waals surface area contributed by atoms with Gasteiger partial charge >= 0.3 is 33.9 Å². The van der Waals surface area contributed by atoms with E-state index in [2.05, 4.69) is 24.8 Å². The van der Waals surface area contributed by atoms with Gasteiger partial charge in [-0.2, -0.15) is 0 Å². The van der Waals surface area contributed by atoms with Gasteiger partial charge in [-0.05, 0) is 77.0 Å². The van der Waals surface area contributed by atoms with Crippen molar-refractivity contribution in [2.45, 2.75) is 38.1 Å². The number of hydrogen-bond donors (Lipinski definition) is 0. The van der Waals surface area contributed by atoms with Crippen molar-refractivity contribution >= 4 is 0 Å². The summed E-state index contributed by atoms with van der Waals surface area (Å²) < 4.78 is 22.5. The zero-order valence-electron chi connectivity index (χ0n) is 14.3. The molecule has 0 aromatic rings. The van der Waals surface area contributed by atoms with Crippen molar-refractivity contribution in [1.82, 2.24) is 0 Å². The fourth-order valence-electron chi connectivity index (χ4n) is 1.85. The van der Waals surface area contributed by atoms with Crippen LogP contribution in [0.4, 0.5) is 0 Å². The van der Waals surface area contributed by atoms with Crippen molar-refractivity contribution < 1.29 is 48.1 Å². The molecule has 140 valence electrons. The topological polar surface area (TPSA) is 64.1 Å². The van der Waals surface area contributed by atoms with Crippen molar-refractivity contribution in [3.8, 4) is 0 Å². The fourth-order valence-corrected chi connectivity index (χ4v) is 1.85. The molecule has 0 aromatic carbocycles. The zero-order chi connectivity index (χ0) is 18.9. The molecule has 0 unspecified atom stereocenters. The van der Waals surface area contributed by atoms with Crippen molar-refractivity contribution in [3.63, 3.8) is 0 Å². The SMILES string of the molecule is [C-]#[N+]C1CCCCC1.[C-]#[O+].[C-]#[O+].[C-]#[O+].[CH]1[CH][CH][CH][CH]1.[CH]1[CH][CH][CH][CH]1.[Fe].[Fe]. The molecule has 6 heteroatoms. The second-order valence-corrected chi connectivity index (χ2v) is 4.35. The molecular formula is C20H21Fe2NO3. The molecule has 3 saturated carbocycles. The summed E-state index contributed by atoms with van der Waals surface area (Å²) in [5, 5.41) is 0. The molecule has 0 spiro atoms. The summed E-state index contributed by atoms with van der Waals surface area (Å²) >= 11 is 0. The second kappa shape index (κ2) is 39.7. The van der Waals surface area contributed by atoms with Crippen LogP contribution in [0.1, 0.15) is 32.1 Å². The number of nitrogens with zero attached hydrogens (tertiary/aromatic N) is 1. The molecule has 0 atom stereocenters. The minimum absolute atomic E-state index is 0. The molecule has 3 aliphatic carbocycles. The molecule has 4 nitrogen and oxygen atoms in total. The Labute approximate surface area is 181 Å². The zero-order valence-corrected chi connectivity index (χ0v) is 16.5. The maximum absolute atomic E-state index is 7.50. The molecule has 0 saturated heterocycles. The van der Waals surface area contributed by atoms with Crippen molar-refractivity contribution in [1.29, 1.82) is 0 Å². The van der Waals surface area contributed by atoms with E-state index in [1.165, 1.54) is 19.3 Å². The molecule has 0 amide bonds. The van der Waals surface area contributed by atoms with E-state index >= 15 is 0 Å². The standard InChI is InChI=1S/C7H11N.2C5H5.3CO.2Fe/c1-8-7-5-3-2-4-6-7;2*1-2-4-5-3-1;3*1-2;;/h7H,2-6H2;2*1-5H;;;;;. The summed E-state index contributed by atoms with van der Waals surface area (Å²) in [6, 6.07) is 0.378. The Morgan fingerprint density at radius 1 is 0.538 bits per heavy atom. The monoisotopic (exact) mass is 435 g/mol. The van der Waals surface area contributed by atoms with Crippen LogP contribution in [0.5, 0.6) is 0 Å². The molecular weight excluding hydrogens is 414 g/mol. The average molecular weight is 435 g/mol. The van der Waals surface area contributed by atoms with Gasteiger partial charge in [0.1, 0.15) is 0 Å². The largest absolute Gasteiger partial charge is 0.0312 e. The third kappa shape index (κ3) is 31.5. The molecule has 0 heterocycles. The summed E-state index contributed by atoms with van der Waals surface area (Å²) in [6.45, 7) is 20.2. The van der Waals surface area contributed by atoms with E-state index in [4.69, 9.17) is 20.5 Å². The predicted molar refractivity (Wildman–Crippen MR) is 88.3 cm³/mol. The average Bonchev–Trinajstić information content (AvgIpc) is 3.46. The Balaban J connectivity index is -0.0000000732. The molecule has 0 aliphatic heterocycles. The Morgan fingerprint density at radius 2 is 0.769 bits per heavy atom. The minimum Gasteiger partial charge on any atom is -0.0312 e. The van der Waals surface area contributed by atoms with Crippen LogP contribution in [0.25, 0.3) is 4.85 Å². The molecule has 3 aliphatic rings. The van der Waals surface area contributed by atoms with Crippen molar-refractivity contribution in [2.75, 3.05) is 0 Å². The second-order valence-electron chi connectivity index (χ2n) is 4.35. The van der Waals surface area contributed by atoms with Crippen molar-refractivity contribution in [3.05, 3.63) is 95.6 Å². The summed E-state index contributed by atoms with van der Waals surface area (Å²) in [5.74, 6) is 0. The molecule has 0 aromatic heterocycles. The van der Waals surface area contributed by atoms with E-state index in [9.17, 15) is 0 Å². The Kier molecular flexibility index (Phi) is 55.9. The van der Waals surface area contributed by atoms with Gasteiger partial charge in [-0.1, -0.05) is 6.42 Å². The van der Waals surface area contributed by atoms with Crippen LogP contribution in [-0.4, -0.2) is 6.04 Å². The van der Waals surface area contributed by atoms with Gasteiger partial charge in [0.25, 0.3) is 0 Å². The smallest absolute Gasteiger partial charge is 0 e. The molecule has 26 heavy (non-hydrogen) atoms. The summed E-state index contributed by atoms with van der Waals surface area (Å²) in [4.78, 5) is 3.50. The van der Waals surface area contributed by atoms with Gasteiger partial charge in [-0.25, -0.2) is 6.57 Å². The quantitative estimate of drug-likeness (QED) is 0.312. The summed E-state index contributed by atoms with van der Waals surface area (Å²) in [5.41, 5.74) is 0. The Morgan fingerprint density at radius 3 is 0.923 bits per heavy atom. The number of hydrogen-bond acceptors (Lipinski definition) is 0. The third-order valence-electron chi connectivity index (χ3n) is 2.87. The first-order valence-electron chi connectivity index (χ1n) is 7.24. The molecule has 3 rings (SSSR count). The Bertz CT molecular complexity index is 285. The van der Waals surface area contributed by atoms with Crippen LogP contribution in [0.15, 0.2) is 0 Å². The fraction of sp³-hybridized carbons (Fsp3) is 0.300.